The standard InChI is InChI=1S/C13H26O/c1-5-12(14)10-8-6-7-9-11-13(2,3)4/h5-11H2,1-4H3. The van der Waals surface area contributed by atoms with E-state index in [1.54, 1.807) is 0 Å². The fourth-order valence-electron chi connectivity index (χ4n) is 1.51. The molecule has 0 saturated heterocycles. The average molecular weight is 198 g/mol. The number of Topliss-reactive ketones (excluding diaryl/α,β-unsaturated/α-hetero) is 1. The maximum atomic E-state index is 11.0. The number of hydrogen-bond donors (Lipinski definition) is 0. The number of rotatable bonds is 7. The summed E-state index contributed by atoms with van der Waals surface area (Å²) in [7, 11) is 0. The van der Waals surface area contributed by atoms with Gasteiger partial charge in [-0.25, -0.2) is 0 Å². The Labute approximate surface area is 89.3 Å². The minimum absolute atomic E-state index is 0.417. The topological polar surface area (TPSA) is 17.1 Å². The quantitative estimate of drug-likeness (QED) is 0.556. The summed E-state index contributed by atoms with van der Waals surface area (Å²) in [4.78, 5) is 11.0. The Hall–Kier alpha value is -0.330. The van der Waals surface area contributed by atoms with Crippen molar-refractivity contribution < 1.29 is 4.79 Å². The van der Waals surface area contributed by atoms with Gasteiger partial charge in [-0.15, -0.1) is 0 Å². The summed E-state index contributed by atoms with van der Waals surface area (Å²) in [5.41, 5.74) is 0.471. The van der Waals surface area contributed by atoms with Crippen LogP contribution in [0.2, 0.25) is 0 Å². The Kier molecular flexibility index (Phi) is 6.86. The summed E-state index contributed by atoms with van der Waals surface area (Å²) in [5, 5.41) is 0. The first-order valence-electron chi connectivity index (χ1n) is 5.97. The summed E-state index contributed by atoms with van der Waals surface area (Å²) >= 11 is 0. The van der Waals surface area contributed by atoms with E-state index in [0.29, 0.717) is 17.6 Å². The molecule has 1 nitrogen and oxygen atoms in total. The lowest BCUT2D eigenvalue weighted by atomic mass is 9.89. The molecular formula is C13H26O. The smallest absolute Gasteiger partial charge is 0.132 e. The summed E-state index contributed by atoms with van der Waals surface area (Å²) < 4.78 is 0. The van der Waals surface area contributed by atoms with Gasteiger partial charge < -0.3 is 0 Å². The van der Waals surface area contributed by atoms with Gasteiger partial charge in [0, 0.05) is 12.8 Å². The van der Waals surface area contributed by atoms with E-state index in [2.05, 4.69) is 20.8 Å². The van der Waals surface area contributed by atoms with Gasteiger partial charge in [0.05, 0.1) is 0 Å². The SMILES string of the molecule is CCC(=O)CCCCCCC(C)(C)C. The number of carbonyl (C=O) groups is 1. The van der Waals surface area contributed by atoms with Crippen LogP contribution in [0.1, 0.15) is 72.6 Å². The van der Waals surface area contributed by atoms with Crippen LogP contribution in [-0.2, 0) is 4.79 Å². The highest BCUT2D eigenvalue weighted by molar-refractivity contribution is 5.77. The van der Waals surface area contributed by atoms with Gasteiger partial charge in [0.1, 0.15) is 5.78 Å². The lowest BCUT2D eigenvalue weighted by Gasteiger charge is -2.17. The van der Waals surface area contributed by atoms with Crippen molar-refractivity contribution in [1.82, 2.24) is 0 Å². The van der Waals surface area contributed by atoms with E-state index in [9.17, 15) is 4.79 Å². The summed E-state index contributed by atoms with van der Waals surface area (Å²) in [6, 6.07) is 0. The van der Waals surface area contributed by atoms with E-state index in [0.717, 1.165) is 12.8 Å². The molecule has 0 aromatic rings. The lowest BCUT2D eigenvalue weighted by Crippen LogP contribution is -2.04. The molecular weight excluding hydrogens is 172 g/mol. The van der Waals surface area contributed by atoms with Gasteiger partial charge in [-0.1, -0.05) is 47.0 Å². The van der Waals surface area contributed by atoms with Gasteiger partial charge in [-0.2, -0.15) is 0 Å². The molecule has 0 aromatic carbocycles. The van der Waals surface area contributed by atoms with Crippen molar-refractivity contribution in [2.75, 3.05) is 0 Å². The molecule has 1 heteroatoms. The minimum atomic E-state index is 0.417. The molecule has 0 bridgehead atoms. The van der Waals surface area contributed by atoms with E-state index >= 15 is 0 Å². The predicted molar refractivity (Wildman–Crippen MR) is 62.5 cm³/mol. The zero-order valence-electron chi connectivity index (χ0n) is 10.4. The second kappa shape index (κ2) is 7.03. The summed E-state index contributed by atoms with van der Waals surface area (Å²) in [6.45, 7) is 8.80. The van der Waals surface area contributed by atoms with Gasteiger partial charge in [0.2, 0.25) is 0 Å². The Morgan fingerprint density at radius 3 is 2.07 bits per heavy atom. The molecule has 0 aliphatic carbocycles. The number of carbonyl (C=O) groups excluding carboxylic acids is 1. The van der Waals surface area contributed by atoms with Crippen LogP contribution in [0, 0.1) is 5.41 Å². The van der Waals surface area contributed by atoms with Crippen LogP contribution in [0.5, 0.6) is 0 Å². The lowest BCUT2D eigenvalue weighted by molar-refractivity contribution is -0.118. The highest BCUT2D eigenvalue weighted by atomic mass is 16.1. The van der Waals surface area contributed by atoms with Gasteiger partial charge in [-0.05, 0) is 18.3 Å². The zero-order chi connectivity index (χ0) is 11.0. The molecule has 14 heavy (non-hydrogen) atoms. The number of ketones is 1. The first-order valence-corrected chi connectivity index (χ1v) is 5.97. The van der Waals surface area contributed by atoms with E-state index in [4.69, 9.17) is 0 Å². The normalized spacial score (nSPS) is 11.7. The fourth-order valence-corrected chi connectivity index (χ4v) is 1.51. The van der Waals surface area contributed by atoms with Crippen LogP contribution in [0.25, 0.3) is 0 Å². The van der Waals surface area contributed by atoms with Gasteiger partial charge in [-0.3, -0.25) is 4.79 Å². The Balaban J connectivity index is 3.18. The van der Waals surface area contributed by atoms with E-state index < -0.39 is 0 Å². The minimum Gasteiger partial charge on any atom is -0.300 e. The molecule has 0 heterocycles. The van der Waals surface area contributed by atoms with Gasteiger partial charge in [0.25, 0.3) is 0 Å². The maximum absolute atomic E-state index is 11.0. The monoisotopic (exact) mass is 198 g/mol. The fraction of sp³-hybridized carbons (Fsp3) is 0.923. The molecule has 0 rings (SSSR count). The molecule has 0 unspecified atom stereocenters. The maximum Gasteiger partial charge on any atom is 0.132 e. The number of unbranched alkanes of at least 4 members (excludes halogenated alkanes) is 3. The number of hydrogen-bond acceptors (Lipinski definition) is 1. The molecule has 0 radical (unpaired) electrons. The van der Waals surface area contributed by atoms with Crippen molar-refractivity contribution >= 4 is 5.78 Å². The highest BCUT2D eigenvalue weighted by Gasteiger charge is 2.08. The largest absolute Gasteiger partial charge is 0.300 e. The van der Waals surface area contributed by atoms with Crippen molar-refractivity contribution in [3.63, 3.8) is 0 Å². The molecule has 0 N–H and O–H groups in total. The molecule has 0 aromatic heterocycles. The second-order valence-electron chi connectivity index (χ2n) is 5.37. The third kappa shape index (κ3) is 9.76. The van der Waals surface area contributed by atoms with Gasteiger partial charge in [0.15, 0.2) is 0 Å². The van der Waals surface area contributed by atoms with Crippen LogP contribution in [0.4, 0.5) is 0 Å². The van der Waals surface area contributed by atoms with E-state index in [1.807, 2.05) is 6.92 Å². The van der Waals surface area contributed by atoms with Crippen molar-refractivity contribution in [3.05, 3.63) is 0 Å². The molecule has 0 aliphatic heterocycles. The van der Waals surface area contributed by atoms with E-state index in [1.165, 1.54) is 25.7 Å². The third-order valence-corrected chi connectivity index (χ3v) is 2.53. The Bertz CT molecular complexity index is 153. The van der Waals surface area contributed by atoms with Crippen LogP contribution in [0.15, 0.2) is 0 Å². The molecule has 0 atom stereocenters. The van der Waals surface area contributed by atoms with Crippen LogP contribution in [0.3, 0.4) is 0 Å². The Morgan fingerprint density at radius 1 is 1.00 bits per heavy atom. The predicted octanol–water partition coefficient (Wildman–Crippen LogP) is 4.35. The highest BCUT2D eigenvalue weighted by Crippen LogP contribution is 2.22. The van der Waals surface area contributed by atoms with Crippen molar-refractivity contribution in [2.24, 2.45) is 5.41 Å². The molecule has 0 spiro atoms. The first-order chi connectivity index (χ1) is 6.45. The van der Waals surface area contributed by atoms with Crippen LogP contribution < -0.4 is 0 Å². The van der Waals surface area contributed by atoms with Crippen molar-refractivity contribution in [3.8, 4) is 0 Å². The first kappa shape index (κ1) is 13.7. The second-order valence-corrected chi connectivity index (χ2v) is 5.37. The Morgan fingerprint density at radius 2 is 1.57 bits per heavy atom. The van der Waals surface area contributed by atoms with Crippen molar-refractivity contribution in [1.29, 1.82) is 0 Å². The van der Waals surface area contributed by atoms with E-state index in [-0.39, 0.29) is 0 Å². The van der Waals surface area contributed by atoms with Crippen molar-refractivity contribution in [2.45, 2.75) is 72.6 Å². The van der Waals surface area contributed by atoms with Gasteiger partial charge >= 0.3 is 0 Å². The molecule has 0 amide bonds. The summed E-state index contributed by atoms with van der Waals surface area (Å²) in [5.74, 6) is 0.417. The third-order valence-electron chi connectivity index (χ3n) is 2.53. The van der Waals surface area contributed by atoms with Crippen LogP contribution >= 0.6 is 0 Å². The summed E-state index contributed by atoms with van der Waals surface area (Å²) in [6.07, 6.45) is 7.72. The molecule has 0 fully saturated rings. The average Bonchev–Trinajstić information content (AvgIpc) is 2.08. The van der Waals surface area contributed by atoms with Crippen LogP contribution in [-0.4, -0.2) is 5.78 Å². The zero-order valence-corrected chi connectivity index (χ0v) is 10.4. The molecule has 84 valence electrons. The molecule has 0 saturated carbocycles. The molecule has 0 aliphatic rings.